The standard InChI is InChI=1S/C11H14N6O3/c1-16-4-6(12)13-8(16)10(18)15-7-5-17(2)9(14-7)11(19)20-3/h4-5H,12H2,1-3H3,(H,15,18). The lowest BCUT2D eigenvalue weighted by atomic mass is 10.5. The van der Waals surface area contributed by atoms with Gasteiger partial charge < -0.3 is 24.9 Å². The number of aromatic nitrogens is 4. The molecule has 9 nitrogen and oxygen atoms in total. The van der Waals surface area contributed by atoms with Crippen molar-refractivity contribution in [3.63, 3.8) is 0 Å². The van der Waals surface area contributed by atoms with Crippen LogP contribution in [0.25, 0.3) is 0 Å². The number of esters is 1. The summed E-state index contributed by atoms with van der Waals surface area (Å²) in [6, 6.07) is 0. The lowest BCUT2D eigenvalue weighted by Crippen LogP contribution is -2.17. The first-order valence-corrected chi connectivity index (χ1v) is 5.64. The number of nitrogen functional groups attached to an aromatic ring is 1. The maximum absolute atomic E-state index is 12.0. The summed E-state index contributed by atoms with van der Waals surface area (Å²) in [5.74, 6) is -0.365. The summed E-state index contributed by atoms with van der Waals surface area (Å²) in [7, 11) is 4.52. The van der Waals surface area contributed by atoms with Crippen LogP contribution in [0.15, 0.2) is 12.4 Å². The van der Waals surface area contributed by atoms with Crippen molar-refractivity contribution in [1.29, 1.82) is 0 Å². The molecule has 0 spiro atoms. The summed E-state index contributed by atoms with van der Waals surface area (Å²) in [6.45, 7) is 0. The Morgan fingerprint density at radius 2 is 1.85 bits per heavy atom. The Morgan fingerprint density at radius 3 is 2.40 bits per heavy atom. The van der Waals surface area contributed by atoms with Crippen LogP contribution < -0.4 is 11.1 Å². The summed E-state index contributed by atoms with van der Waals surface area (Å²) < 4.78 is 7.52. The Balaban J connectivity index is 2.20. The van der Waals surface area contributed by atoms with Crippen molar-refractivity contribution in [2.75, 3.05) is 18.2 Å². The molecule has 20 heavy (non-hydrogen) atoms. The van der Waals surface area contributed by atoms with E-state index in [0.717, 1.165) is 0 Å². The topological polar surface area (TPSA) is 117 Å². The number of rotatable bonds is 3. The smallest absolute Gasteiger partial charge is 0.374 e. The summed E-state index contributed by atoms with van der Waals surface area (Å²) >= 11 is 0. The van der Waals surface area contributed by atoms with Crippen LogP contribution in [0.1, 0.15) is 21.2 Å². The van der Waals surface area contributed by atoms with Gasteiger partial charge in [-0.05, 0) is 0 Å². The molecule has 0 aliphatic rings. The van der Waals surface area contributed by atoms with Crippen molar-refractivity contribution in [3.05, 3.63) is 24.0 Å². The van der Waals surface area contributed by atoms with Crippen LogP contribution >= 0.6 is 0 Å². The van der Waals surface area contributed by atoms with E-state index in [4.69, 9.17) is 5.73 Å². The van der Waals surface area contributed by atoms with Crippen molar-refractivity contribution in [1.82, 2.24) is 19.1 Å². The van der Waals surface area contributed by atoms with Crippen molar-refractivity contribution in [2.24, 2.45) is 14.1 Å². The molecule has 3 N–H and O–H groups in total. The van der Waals surface area contributed by atoms with Gasteiger partial charge in [0.2, 0.25) is 11.6 Å². The molecule has 2 aromatic rings. The second-order valence-corrected chi connectivity index (χ2v) is 4.11. The molecule has 0 fully saturated rings. The van der Waals surface area contributed by atoms with Crippen LogP contribution in [0.4, 0.5) is 11.6 Å². The van der Waals surface area contributed by atoms with Gasteiger partial charge in [0.1, 0.15) is 5.82 Å². The minimum Gasteiger partial charge on any atom is -0.463 e. The molecule has 106 valence electrons. The zero-order valence-electron chi connectivity index (χ0n) is 11.2. The molecule has 0 aliphatic carbocycles. The van der Waals surface area contributed by atoms with Crippen molar-refractivity contribution in [3.8, 4) is 0 Å². The Hall–Kier alpha value is -2.84. The zero-order valence-corrected chi connectivity index (χ0v) is 11.2. The Morgan fingerprint density at radius 1 is 1.20 bits per heavy atom. The highest BCUT2D eigenvalue weighted by Crippen LogP contribution is 2.10. The number of nitrogens with zero attached hydrogens (tertiary/aromatic N) is 4. The number of aryl methyl sites for hydroxylation is 2. The van der Waals surface area contributed by atoms with Crippen LogP contribution in [0.5, 0.6) is 0 Å². The number of nitrogens with two attached hydrogens (primary N) is 1. The van der Waals surface area contributed by atoms with E-state index in [9.17, 15) is 9.59 Å². The van der Waals surface area contributed by atoms with E-state index in [1.54, 1.807) is 14.1 Å². The van der Waals surface area contributed by atoms with E-state index >= 15 is 0 Å². The second kappa shape index (κ2) is 5.03. The molecule has 0 saturated heterocycles. The molecule has 0 saturated carbocycles. The first-order chi connectivity index (χ1) is 9.42. The molecular formula is C11H14N6O3. The lowest BCUT2D eigenvalue weighted by Gasteiger charge is -2.00. The number of hydrogen-bond acceptors (Lipinski definition) is 6. The molecule has 2 heterocycles. The van der Waals surface area contributed by atoms with Crippen LogP contribution in [0, 0.1) is 0 Å². The molecule has 2 rings (SSSR count). The molecular weight excluding hydrogens is 264 g/mol. The fourth-order valence-corrected chi connectivity index (χ4v) is 1.68. The molecule has 0 radical (unpaired) electrons. The average molecular weight is 278 g/mol. The molecule has 9 heteroatoms. The van der Waals surface area contributed by atoms with Gasteiger partial charge in [0.15, 0.2) is 5.82 Å². The fourth-order valence-electron chi connectivity index (χ4n) is 1.68. The quantitative estimate of drug-likeness (QED) is 0.749. The van der Waals surface area contributed by atoms with Crippen molar-refractivity contribution >= 4 is 23.5 Å². The van der Waals surface area contributed by atoms with Gasteiger partial charge in [-0.15, -0.1) is 0 Å². The van der Waals surface area contributed by atoms with Crippen molar-refractivity contribution < 1.29 is 14.3 Å². The highest BCUT2D eigenvalue weighted by molar-refractivity contribution is 6.01. The highest BCUT2D eigenvalue weighted by atomic mass is 16.5. The molecule has 0 aliphatic heterocycles. The van der Waals surface area contributed by atoms with Crippen LogP contribution in [-0.4, -0.2) is 38.1 Å². The number of carbonyl (C=O) groups is 2. The predicted molar refractivity (Wildman–Crippen MR) is 70.1 cm³/mol. The number of hydrogen-bond donors (Lipinski definition) is 2. The van der Waals surface area contributed by atoms with Gasteiger partial charge in [0.05, 0.1) is 7.11 Å². The summed E-state index contributed by atoms with van der Waals surface area (Å²) in [5, 5.41) is 2.54. The van der Waals surface area contributed by atoms with E-state index < -0.39 is 11.9 Å². The minimum absolute atomic E-state index is 0.0853. The Labute approximate surface area is 114 Å². The maximum Gasteiger partial charge on any atom is 0.374 e. The van der Waals surface area contributed by atoms with Gasteiger partial charge in [0, 0.05) is 26.5 Å². The normalized spacial score (nSPS) is 10.3. The third-order valence-corrected chi connectivity index (χ3v) is 2.58. The second-order valence-electron chi connectivity index (χ2n) is 4.11. The first-order valence-electron chi connectivity index (χ1n) is 5.64. The number of ether oxygens (including phenoxy) is 1. The van der Waals surface area contributed by atoms with Gasteiger partial charge in [-0.3, -0.25) is 4.79 Å². The molecule has 1 amide bonds. The molecule has 0 unspecified atom stereocenters. The van der Waals surface area contributed by atoms with Gasteiger partial charge in [-0.25, -0.2) is 14.8 Å². The number of imidazole rings is 2. The monoisotopic (exact) mass is 278 g/mol. The molecule has 0 aromatic carbocycles. The lowest BCUT2D eigenvalue weighted by molar-refractivity contribution is 0.0582. The Bertz CT molecular complexity index is 672. The Kier molecular flexibility index (Phi) is 3.42. The number of carbonyl (C=O) groups excluding carboxylic acids is 2. The summed E-state index contributed by atoms with van der Waals surface area (Å²) in [5.41, 5.74) is 5.50. The largest absolute Gasteiger partial charge is 0.463 e. The van der Waals surface area contributed by atoms with E-state index in [0.29, 0.717) is 0 Å². The molecule has 0 atom stereocenters. The highest BCUT2D eigenvalue weighted by Gasteiger charge is 2.18. The molecule has 0 bridgehead atoms. The number of amides is 1. The van der Waals surface area contributed by atoms with E-state index in [1.807, 2.05) is 0 Å². The van der Waals surface area contributed by atoms with E-state index in [1.165, 1.54) is 28.6 Å². The third-order valence-electron chi connectivity index (χ3n) is 2.58. The summed E-state index contributed by atoms with van der Waals surface area (Å²) in [6.07, 6.45) is 3.02. The third kappa shape index (κ3) is 2.46. The average Bonchev–Trinajstić information content (AvgIpc) is 2.91. The van der Waals surface area contributed by atoms with Crippen LogP contribution in [-0.2, 0) is 18.8 Å². The number of anilines is 2. The van der Waals surface area contributed by atoms with Crippen LogP contribution in [0.3, 0.4) is 0 Å². The minimum atomic E-state index is -0.589. The number of methoxy groups -OCH3 is 1. The van der Waals surface area contributed by atoms with Crippen LogP contribution in [0.2, 0.25) is 0 Å². The SMILES string of the molecule is COC(=O)c1nc(NC(=O)c2nc(N)cn2C)cn1C. The van der Waals surface area contributed by atoms with Gasteiger partial charge >= 0.3 is 5.97 Å². The van der Waals surface area contributed by atoms with Gasteiger partial charge in [0.25, 0.3) is 5.91 Å². The number of nitrogens with one attached hydrogen (secondary N) is 1. The maximum atomic E-state index is 12.0. The van der Waals surface area contributed by atoms with Crippen molar-refractivity contribution in [2.45, 2.75) is 0 Å². The fraction of sp³-hybridized carbons (Fsp3) is 0.273. The predicted octanol–water partition coefficient (Wildman–Crippen LogP) is -0.225. The summed E-state index contributed by atoms with van der Waals surface area (Å²) in [4.78, 5) is 31.3. The molecule has 2 aromatic heterocycles. The van der Waals surface area contributed by atoms with E-state index in [2.05, 4.69) is 20.0 Å². The van der Waals surface area contributed by atoms with Gasteiger partial charge in [-0.1, -0.05) is 0 Å². The zero-order chi connectivity index (χ0) is 14.9. The van der Waals surface area contributed by atoms with E-state index in [-0.39, 0.29) is 23.3 Å². The van der Waals surface area contributed by atoms with Gasteiger partial charge in [-0.2, -0.15) is 0 Å². The first kappa shape index (κ1) is 13.6.